The highest BCUT2D eigenvalue weighted by atomic mass is 16.6. The maximum atomic E-state index is 12.5. The van der Waals surface area contributed by atoms with E-state index in [1.165, 1.54) is 0 Å². The van der Waals surface area contributed by atoms with Crippen LogP contribution < -0.4 is 15.1 Å². The topological polar surface area (TPSA) is 65.1 Å². The Morgan fingerprint density at radius 3 is 2.52 bits per heavy atom. The van der Waals surface area contributed by atoms with Gasteiger partial charge in [0.2, 0.25) is 5.91 Å². The Hall–Kier alpha value is -3.06. The minimum atomic E-state index is -0.270. The number of rotatable bonds is 5. The van der Waals surface area contributed by atoms with E-state index < -0.39 is 0 Å². The van der Waals surface area contributed by atoms with Gasteiger partial charge in [0.15, 0.2) is 0 Å². The molecule has 2 aliphatic heterocycles. The summed E-state index contributed by atoms with van der Waals surface area (Å²) < 4.78 is 5.41. The number of aryl methyl sites for hydroxylation is 1. The first kappa shape index (κ1) is 21.2. The number of anilines is 3. The Labute approximate surface area is 183 Å². The molecule has 0 aliphatic carbocycles. The van der Waals surface area contributed by atoms with Crippen LogP contribution in [0.4, 0.5) is 21.9 Å². The predicted molar refractivity (Wildman–Crippen MR) is 123 cm³/mol. The quantitative estimate of drug-likeness (QED) is 0.797. The van der Waals surface area contributed by atoms with E-state index in [1.807, 2.05) is 67.2 Å². The van der Waals surface area contributed by atoms with Crippen molar-refractivity contribution in [2.45, 2.75) is 32.4 Å². The maximum Gasteiger partial charge on any atom is 0.414 e. The highest BCUT2D eigenvalue weighted by Gasteiger charge is 2.34. The number of hydrogen-bond acceptors (Lipinski definition) is 5. The number of carbonyl (C=O) groups is 2. The van der Waals surface area contributed by atoms with Crippen molar-refractivity contribution < 1.29 is 14.3 Å². The van der Waals surface area contributed by atoms with Crippen LogP contribution in [0.1, 0.15) is 24.0 Å². The summed E-state index contributed by atoms with van der Waals surface area (Å²) in [5.41, 5.74) is 5.07. The molecule has 7 heteroatoms. The number of amides is 2. The van der Waals surface area contributed by atoms with Crippen molar-refractivity contribution in [1.82, 2.24) is 4.90 Å². The zero-order valence-electron chi connectivity index (χ0n) is 18.4. The minimum Gasteiger partial charge on any atom is -0.444 e. The molecule has 0 radical (unpaired) electrons. The van der Waals surface area contributed by atoms with Gasteiger partial charge in [-0.3, -0.25) is 14.6 Å². The average Bonchev–Trinajstić information content (AvgIpc) is 2.75. The monoisotopic (exact) mass is 422 g/mol. The van der Waals surface area contributed by atoms with Crippen molar-refractivity contribution in [3.63, 3.8) is 0 Å². The normalized spacial score (nSPS) is 17.1. The van der Waals surface area contributed by atoms with Gasteiger partial charge >= 0.3 is 6.09 Å². The number of piperidine rings is 1. The highest BCUT2D eigenvalue weighted by Crippen LogP contribution is 2.32. The van der Waals surface area contributed by atoms with E-state index in [2.05, 4.69) is 16.3 Å². The largest absolute Gasteiger partial charge is 0.444 e. The number of fused-ring (bicyclic) bond motifs is 1. The summed E-state index contributed by atoms with van der Waals surface area (Å²) in [6, 6.07) is 14.0. The van der Waals surface area contributed by atoms with E-state index >= 15 is 0 Å². The zero-order valence-corrected chi connectivity index (χ0v) is 18.4. The van der Waals surface area contributed by atoms with Crippen LogP contribution in [-0.2, 0) is 16.1 Å². The van der Waals surface area contributed by atoms with Gasteiger partial charge in [0.05, 0.1) is 12.2 Å². The molecular weight excluding hydrogens is 392 g/mol. The van der Waals surface area contributed by atoms with Crippen LogP contribution in [0.2, 0.25) is 0 Å². The molecular formula is C24H30N4O3. The summed E-state index contributed by atoms with van der Waals surface area (Å²) in [5, 5.41) is 2.97. The molecule has 164 valence electrons. The van der Waals surface area contributed by atoms with Crippen LogP contribution in [0.15, 0.2) is 42.5 Å². The van der Waals surface area contributed by atoms with E-state index in [0.29, 0.717) is 13.2 Å². The van der Waals surface area contributed by atoms with E-state index in [1.54, 1.807) is 0 Å². The Kier molecular flexibility index (Phi) is 6.13. The molecule has 4 rings (SSSR count). The van der Waals surface area contributed by atoms with Gasteiger partial charge in [-0.05, 0) is 50.1 Å². The second kappa shape index (κ2) is 8.98. The molecule has 2 aromatic carbocycles. The number of hydrogen-bond donors (Lipinski definition) is 1. The Morgan fingerprint density at radius 2 is 1.84 bits per heavy atom. The number of likely N-dealkylation sites (tertiary alicyclic amines) is 1. The van der Waals surface area contributed by atoms with Crippen LogP contribution in [0, 0.1) is 6.92 Å². The Balaban J connectivity index is 1.32. The molecule has 31 heavy (non-hydrogen) atoms. The fourth-order valence-electron chi connectivity index (χ4n) is 4.30. The lowest BCUT2D eigenvalue weighted by molar-refractivity contribution is -0.117. The summed E-state index contributed by atoms with van der Waals surface area (Å²) >= 11 is 0. The van der Waals surface area contributed by atoms with E-state index in [-0.39, 0.29) is 18.0 Å². The standard InChI is InChI=1S/C24H30N4O3/c1-17-4-9-22-18(14-17)16-31-24(30)28(22)21-10-12-27(13-11-21)15-23(29)25-19-5-7-20(8-6-19)26(2)3/h4-9,14,21H,10-13,15-16H2,1-3H3,(H,25,29). The summed E-state index contributed by atoms with van der Waals surface area (Å²) in [6.45, 7) is 4.26. The smallest absolute Gasteiger partial charge is 0.414 e. The Bertz CT molecular complexity index is 950. The number of nitrogens with one attached hydrogen (secondary N) is 1. The van der Waals surface area contributed by atoms with Gasteiger partial charge in [0, 0.05) is 50.2 Å². The summed E-state index contributed by atoms with van der Waals surface area (Å²) in [4.78, 5) is 30.9. The molecule has 1 N–H and O–H groups in total. The molecule has 2 aliphatic rings. The van der Waals surface area contributed by atoms with Crippen LogP contribution >= 0.6 is 0 Å². The van der Waals surface area contributed by atoms with Crippen LogP contribution in [0.25, 0.3) is 0 Å². The SMILES string of the molecule is Cc1ccc2c(c1)COC(=O)N2C1CCN(CC(=O)Nc2ccc(N(C)C)cc2)CC1. The number of cyclic esters (lactones) is 1. The zero-order chi connectivity index (χ0) is 22.0. The van der Waals surface area contributed by atoms with E-state index in [9.17, 15) is 9.59 Å². The first-order valence-corrected chi connectivity index (χ1v) is 10.8. The average molecular weight is 423 g/mol. The summed E-state index contributed by atoms with van der Waals surface area (Å²) in [6.07, 6.45) is 1.36. The van der Waals surface area contributed by atoms with Crippen LogP contribution in [-0.4, -0.2) is 56.7 Å². The third-order valence-electron chi connectivity index (χ3n) is 6.00. The molecule has 1 fully saturated rings. The highest BCUT2D eigenvalue weighted by molar-refractivity contribution is 5.92. The molecule has 2 aromatic rings. The van der Waals surface area contributed by atoms with E-state index in [4.69, 9.17) is 4.74 Å². The number of carbonyl (C=O) groups excluding carboxylic acids is 2. The first-order chi connectivity index (χ1) is 14.9. The number of benzene rings is 2. The summed E-state index contributed by atoms with van der Waals surface area (Å²) in [5.74, 6) is -0.0192. The van der Waals surface area contributed by atoms with Crippen molar-refractivity contribution in [2.75, 3.05) is 48.8 Å². The lowest BCUT2D eigenvalue weighted by atomic mass is 10.00. The fraction of sp³-hybridized carbons (Fsp3) is 0.417. The van der Waals surface area contributed by atoms with Crippen LogP contribution in [0.5, 0.6) is 0 Å². The molecule has 2 heterocycles. The molecule has 0 saturated carbocycles. The van der Waals surface area contributed by atoms with Crippen molar-refractivity contribution in [2.24, 2.45) is 0 Å². The number of nitrogens with zero attached hydrogens (tertiary/aromatic N) is 3. The molecule has 7 nitrogen and oxygen atoms in total. The molecule has 0 spiro atoms. The Morgan fingerprint density at radius 1 is 1.13 bits per heavy atom. The van der Waals surface area contributed by atoms with E-state index in [0.717, 1.165) is 54.1 Å². The van der Waals surface area contributed by atoms with Gasteiger partial charge in [-0.15, -0.1) is 0 Å². The van der Waals surface area contributed by atoms with Gasteiger partial charge in [-0.2, -0.15) is 0 Å². The number of ether oxygens (including phenoxy) is 1. The minimum absolute atomic E-state index is 0.0192. The van der Waals surface area contributed by atoms with Crippen molar-refractivity contribution >= 4 is 29.1 Å². The second-order valence-electron chi connectivity index (χ2n) is 8.55. The molecule has 0 aromatic heterocycles. The first-order valence-electron chi connectivity index (χ1n) is 10.8. The lowest BCUT2D eigenvalue weighted by Gasteiger charge is -2.40. The van der Waals surface area contributed by atoms with Gasteiger partial charge in [0.25, 0.3) is 0 Å². The van der Waals surface area contributed by atoms with Gasteiger partial charge < -0.3 is 15.0 Å². The maximum absolute atomic E-state index is 12.5. The second-order valence-corrected chi connectivity index (χ2v) is 8.55. The lowest BCUT2D eigenvalue weighted by Crippen LogP contribution is -2.50. The predicted octanol–water partition coefficient (Wildman–Crippen LogP) is 3.62. The third-order valence-corrected chi connectivity index (χ3v) is 6.00. The van der Waals surface area contributed by atoms with Crippen LogP contribution in [0.3, 0.4) is 0 Å². The summed E-state index contributed by atoms with van der Waals surface area (Å²) in [7, 11) is 3.97. The van der Waals surface area contributed by atoms with Crippen molar-refractivity contribution in [3.05, 3.63) is 53.6 Å². The van der Waals surface area contributed by atoms with Gasteiger partial charge in [-0.25, -0.2) is 4.79 Å². The van der Waals surface area contributed by atoms with Gasteiger partial charge in [-0.1, -0.05) is 17.7 Å². The molecule has 0 unspecified atom stereocenters. The van der Waals surface area contributed by atoms with Crippen molar-refractivity contribution in [3.8, 4) is 0 Å². The molecule has 0 bridgehead atoms. The molecule has 0 atom stereocenters. The molecule has 1 saturated heterocycles. The van der Waals surface area contributed by atoms with Crippen molar-refractivity contribution in [1.29, 1.82) is 0 Å². The fourth-order valence-corrected chi connectivity index (χ4v) is 4.30. The third kappa shape index (κ3) is 4.82. The molecule has 2 amide bonds. The van der Waals surface area contributed by atoms with Gasteiger partial charge in [0.1, 0.15) is 6.61 Å².